The van der Waals surface area contributed by atoms with Crippen molar-refractivity contribution in [2.45, 2.75) is 57.8 Å². The van der Waals surface area contributed by atoms with Gasteiger partial charge in [-0.05, 0) is 32.6 Å². The minimum Gasteiger partial charge on any atom is -0.354 e. The van der Waals surface area contributed by atoms with Gasteiger partial charge in [0.2, 0.25) is 5.91 Å². The molecule has 1 N–H and O–H groups in total. The number of carbonyl (C=O) groups is 1. The summed E-state index contributed by atoms with van der Waals surface area (Å²) >= 11 is 0. The van der Waals surface area contributed by atoms with Crippen LogP contribution in [0.3, 0.4) is 0 Å². The summed E-state index contributed by atoms with van der Waals surface area (Å²) < 4.78 is 11.4. The van der Waals surface area contributed by atoms with Gasteiger partial charge in [-0.25, -0.2) is 0 Å². The van der Waals surface area contributed by atoms with Crippen LogP contribution in [-0.2, 0) is 14.3 Å². The molecule has 4 nitrogen and oxygen atoms in total. The minimum absolute atomic E-state index is 0.175. The topological polar surface area (TPSA) is 47.6 Å². The molecule has 2 rings (SSSR count). The molecule has 1 spiro atoms. The maximum atomic E-state index is 11.7. The molecule has 1 saturated carbocycles. The highest BCUT2D eigenvalue weighted by Gasteiger charge is 2.40. The van der Waals surface area contributed by atoms with Crippen LogP contribution in [0.25, 0.3) is 0 Å². The molecule has 1 aliphatic carbocycles. The van der Waals surface area contributed by atoms with E-state index < -0.39 is 0 Å². The molecule has 17 heavy (non-hydrogen) atoms. The summed E-state index contributed by atoms with van der Waals surface area (Å²) in [6, 6.07) is 0.235. The van der Waals surface area contributed by atoms with Crippen molar-refractivity contribution < 1.29 is 14.3 Å². The van der Waals surface area contributed by atoms with E-state index in [9.17, 15) is 4.79 Å². The fraction of sp³-hybridized carbons (Fsp3) is 0.923. The van der Waals surface area contributed by atoms with E-state index in [2.05, 4.69) is 5.32 Å². The summed E-state index contributed by atoms with van der Waals surface area (Å²) in [5.74, 6) is 0.367. The SMILES string of the molecule is CC(C)NC(=O)CC1CCC2(CC1)OCCO2. The molecule has 1 saturated heterocycles. The zero-order valence-electron chi connectivity index (χ0n) is 10.8. The molecular formula is C13H23NO3. The standard InChI is InChI=1S/C13H23NO3/c1-10(2)14-12(15)9-11-3-5-13(6-4-11)16-7-8-17-13/h10-11H,3-9H2,1-2H3,(H,14,15). The average Bonchev–Trinajstić information content (AvgIpc) is 2.69. The van der Waals surface area contributed by atoms with Gasteiger partial charge in [0.15, 0.2) is 5.79 Å². The Hall–Kier alpha value is -0.610. The quantitative estimate of drug-likeness (QED) is 0.820. The molecule has 1 amide bonds. The Morgan fingerprint density at radius 2 is 1.88 bits per heavy atom. The Kier molecular flexibility index (Phi) is 4.05. The molecule has 0 radical (unpaired) electrons. The highest BCUT2D eigenvalue weighted by molar-refractivity contribution is 5.76. The van der Waals surface area contributed by atoms with Crippen LogP contribution in [0.15, 0.2) is 0 Å². The van der Waals surface area contributed by atoms with Gasteiger partial charge in [0, 0.05) is 25.3 Å². The number of rotatable bonds is 3. The van der Waals surface area contributed by atoms with Gasteiger partial charge in [-0.15, -0.1) is 0 Å². The molecule has 0 bridgehead atoms. The van der Waals surface area contributed by atoms with Gasteiger partial charge in [0.25, 0.3) is 0 Å². The third-order valence-electron chi connectivity index (χ3n) is 3.60. The van der Waals surface area contributed by atoms with Crippen LogP contribution in [0.1, 0.15) is 46.0 Å². The maximum Gasteiger partial charge on any atom is 0.220 e. The molecule has 0 aromatic rings. The summed E-state index contributed by atoms with van der Waals surface area (Å²) in [6.07, 6.45) is 4.59. The molecule has 4 heteroatoms. The second kappa shape index (κ2) is 5.36. The maximum absolute atomic E-state index is 11.7. The van der Waals surface area contributed by atoms with Crippen LogP contribution < -0.4 is 5.32 Å². The second-order valence-electron chi connectivity index (χ2n) is 5.48. The lowest BCUT2D eigenvalue weighted by molar-refractivity contribution is -0.183. The number of carbonyl (C=O) groups excluding carboxylic acids is 1. The Balaban J connectivity index is 1.73. The number of amides is 1. The molecular weight excluding hydrogens is 218 g/mol. The first-order valence-corrected chi connectivity index (χ1v) is 6.67. The van der Waals surface area contributed by atoms with Crippen LogP contribution in [0.2, 0.25) is 0 Å². The monoisotopic (exact) mass is 241 g/mol. The van der Waals surface area contributed by atoms with Gasteiger partial charge in [-0.3, -0.25) is 4.79 Å². The van der Waals surface area contributed by atoms with E-state index in [4.69, 9.17) is 9.47 Å². The molecule has 0 unspecified atom stereocenters. The first-order valence-electron chi connectivity index (χ1n) is 6.67. The minimum atomic E-state index is -0.301. The second-order valence-corrected chi connectivity index (χ2v) is 5.48. The van der Waals surface area contributed by atoms with Crippen molar-refractivity contribution in [1.29, 1.82) is 0 Å². The third kappa shape index (κ3) is 3.42. The smallest absolute Gasteiger partial charge is 0.220 e. The largest absolute Gasteiger partial charge is 0.354 e. The van der Waals surface area contributed by atoms with Crippen molar-refractivity contribution in [3.05, 3.63) is 0 Å². The van der Waals surface area contributed by atoms with E-state index in [1.807, 2.05) is 13.8 Å². The predicted molar refractivity (Wildman–Crippen MR) is 64.5 cm³/mol. The van der Waals surface area contributed by atoms with Crippen LogP contribution in [0.4, 0.5) is 0 Å². The molecule has 0 aromatic carbocycles. The zero-order chi connectivity index (χ0) is 12.3. The molecule has 1 heterocycles. The van der Waals surface area contributed by atoms with Crippen molar-refractivity contribution >= 4 is 5.91 Å². The Labute approximate surface area is 103 Å². The highest BCUT2D eigenvalue weighted by Crippen LogP contribution is 2.39. The van der Waals surface area contributed by atoms with Crippen LogP contribution in [0, 0.1) is 5.92 Å². The number of hydrogen-bond acceptors (Lipinski definition) is 3. The highest BCUT2D eigenvalue weighted by atomic mass is 16.7. The molecule has 1 aliphatic heterocycles. The van der Waals surface area contributed by atoms with E-state index in [1.54, 1.807) is 0 Å². The zero-order valence-corrected chi connectivity index (χ0v) is 10.8. The fourth-order valence-electron chi connectivity index (χ4n) is 2.75. The summed E-state index contributed by atoms with van der Waals surface area (Å²) in [4.78, 5) is 11.7. The number of hydrogen-bond donors (Lipinski definition) is 1. The summed E-state index contributed by atoms with van der Waals surface area (Å²) in [5.41, 5.74) is 0. The first-order chi connectivity index (χ1) is 8.10. The molecule has 2 aliphatic rings. The Bertz CT molecular complexity index is 262. The molecule has 0 aromatic heterocycles. The molecule has 0 atom stereocenters. The number of ether oxygens (including phenoxy) is 2. The van der Waals surface area contributed by atoms with Crippen molar-refractivity contribution in [1.82, 2.24) is 5.32 Å². The molecule has 98 valence electrons. The Morgan fingerprint density at radius 3 is 2.41 bits per heavy atom. The van der Waals surface area contributed by atoms with Crippen LogP contribution >= 0.6 is 0 Å². The lowest BCUT2D eigenvalue weighted by Crippen LogP contribution is -2.37. The number of nitrogens with one attached hydrogen (secondary N) is 1. The van der Waals surface area contributed by atoms with Crippen LogP contribution in [-0.4, -0.2) is 30.9 Å². The van der Waals surface area contributed by atoms with E-state index in [0.29, 0.717) is 12.3 Å². The lowest BCUT2D eigenvalue weighted by Gasteiger charge is -2.35. The van der Waals surface area contributed by atoms with E-state index >= 15 is 0 Å². The lowest BCUT2D eigenvalue weighted by atomic mass is 9.83. The van der Waals surface area contributed by atoms with Crippen molar-refractivity contribution in [3.8, 4) is 0 Å². The molecule has 2 fully saturated rings. The van der Waals surface area contributed by atoms with Gasteiger partial charge < -0.3 is 14.8 Å². The predicted octanol–water partition coefficient (Wildman–Crippen LogP) is 1.83. The average molecular weight is 241 g/mol. The van der Waals surface area contributed by atoms with Crippen LogP contribution in [0.5, 0.6) is 0 Å². The summed E-state index contributed by atoms with van der Waals surface area (Å²) in [7, 11) is 0. The summed E-state index contributed by atoms with van der Waals surface area (Å²) in [5, 5.41) is 2.95. The summed E-state index contributed by atoms with van der Waals surface area (Å²) in [6.45, 7) is 5.43. The fourth-order valence-corrected chi connectivity index (χ4v) is 2.75. The van der Waals surface area contributed by atoms with E-state index in [-0.39, 0.29) is 17.7 Å². The van der Waals surface area contributed by atoms with E-state index in [1.165, 1.54) is 0 Å². The Morgan fingerprint density at radius 1 is 1.29 bits per heavy atom. The van der Waals surface area contributed by atoms with Crippen molar-refractivity contribution in [2.75, 3.05) is 13.2 Å². The van der Waals surface area contributed by atoms with E-state index in [0.717, 1.165) is 38.9 Å². The van der Waals surface area contributed by atoms with Gasteiger partial charge in [0.05, 0.1) is 13.2 Å². The normalized spacial score (nSPS) is 24.4. The van der Waals surface area contributed by atoms with Gasteiger partial charge in [-0.1, -0.05) is 0 Å². The van der Waals surface area contributed by atoms with Gasteiger partial charge in [0.1, 0.15) is 0 Å². The van der Waals surface area contributed by atoms with Crippen molar-refractivity contribution in [3.63, 3.8) is 0 Å². The van der Waals surface area contributed by atoms with Gasteiger partial charge >= 0.3 is 0 Å². The van der Waals surface area contributed by atoms with Gasteiger partial charge in [-0.2, -0.15) is 0 Å². The third-order valence-corrected chi connectivity index (χ3v) is 3.60. The first kappa shape index (κ1) is 12.8. The van der Waals surface area contributed by atoms with Crippen molar-refractivity contribution in [2.24, 2.45) is 5.92 Å².